The molecular formula is C24H30NO6P. The molecule has 0 aliphatic carbocycles. The number of benzene rings is 2. The van der Waals surface area contributed by atoms with Crippen LogP contribution in [0.25, 0.3) is 0 Å². The van der Waals surface area contributed by atoms with Gasteiger partial charge < -0.3 is 18.9 Å². The molecule has 7 nitrogen and oxygen atoms in total. The second-order valence-corrected chi connectivity index (χ2v) is 9.78. The summed E-state index contributed by atoms with van der Waals surface area (Å²) >= 11 is 0. The topological polar surface area (TPSA) is 85.3 Å². The minimum Gasteiger partial charge on any atom is -0.512 e. The van der Waals surface area contributed by atoms with E-state index in [0.717, 1.165) is 11.1 Å². The molecule has 0 saturated carbocycles. The van der Waals surface area contributed by atoms with Crippen LogP contribution in [-0.4, -0.2) is 36.4 Å². The Morgan fingerprint density at radius 3 is 2.22 bits per heavy atom. The highest BCUT2D eigenvalue weighted by Gasteiger charge is 2.47. The fourth-order valence-electron chi connectivity index (χ4n) is 4.09. The molecule has 8 heteroatoms. The van der Waals surface area contributed by atoms with Crippen LogP contribution < -0.4 is 0 Å². The Morgan fingerprint density at radius 2 is 1.66 bits per heavy atom. The van der Waals surface area contributed by atoms with Crippen molar-refractivity contribution in [3.8, 4) is 0 Å². The third kappa shape index (κ3) is 5.07. The Labute approximate surface area is 189 Å². The van der Waals surface area contributed by atoms with Gasteiger partial charge >= 0.3 is 13.7 Å². The molecule has 1 amide bonds. The number of aliphatic hydroxyl groups excluding tert-OH is 1. The number of ether oxygens (including phenoxy) is 1. The highest BCUT2D eigenvalue weighted by molar-refractivity contribution is 7.58. The van der Waals surface area contributed by atoms with E-state index < -0.39 is 25.8 Å². The van der Waals surface area contributed by atoms with E-state index in [1.165, 1.54) is 14.2 Å². The van der Waals surface area contributed by atoms with Crippen LogP contribution in [0.4, 0.5) is 4.79 Å². The summed E-state index contributed by atoms with van der Waals surface area (Å²) in [4.78, 5) is 15.0. The van der Waals surface area contributed by atoms with Gasteiger partial charge in [0.15, 0.2) is 0 Å². The second kappa shape index (κ2) is 10.8. The van der Waals surface area contributed by atoms with Crippen molar-refractivity contribution in [1.29, 1.82) is 0 Å². The van der Waals surface area contributed by atoms with E-state index in [1.807, 2.05) is 67.6 Å². The van der Waals surface area contributed by atoms with E-state index in [4.69, 9.17) is 13.8 Å². The molecule has 0 bridgehead atoms. The van der Waals surface area contributed by atoms with Crippen molar-refractivity contribution >= 4 is 13.7 Å². The van der Waals surface area contributed by atoms with E-state index in [9.17, 15) is 14.5 Å². The van der Waals surface area contributed by atoms with E-state index in [2.05, 4.69) is 0 Å². The molecule has 1 aliphatic rings. The van der Waals surface area contributed by atoms with Crippen LogP contribution in [0, 0.1) is 0 Å². The summed E-state index contributed by atoms with van der Waals surface area (Å²) < 4.78 is 29.4. The molecule has 1 N–H and O–H groups in total. The molecule has 1 aliphatic heterocycles. The molecule has 3 rings (SSSR count). The van der Waals surface area contributed by atoms with E-state index >= 15 is 0 Å². The molecule has 2 aromatic rings. The standard InChI is InChI=1S/C24H30NO6P/c1-4-11-20-23(32(28,29-2)30-3)22(26)16-21(19-14-9-6-10-15-19)25(20)24(27)31-17-18-12-7-5-8-13-18/h5-10,12-15,20-21,26H,4,11,16-17H2,1-3H3/t20-,21+/m0/s1. The Hall–Kier alpha value is -2.60. The maximum atomic E-state index is 13.4. The van der Waals surface area contributed by atoms with E-state index in [1.54, 1.807) is 4.90 Å². The van der Waals surface area contributed by atoms with Crippen LogP contribution in [0.2, 0.25) is 0 Å². The minimum atomic E-state index is -3.79. The van der Waals surface area contributed by atoms with Crippen molar-refractivity contribution in [3.05, 3.63) is 82.9 Å². The molecule has 0 aromatic heterocycles. The quantitative estimate of drug-likeness (QED) is 0.474. The molecule has 1 heterocycles. The molecule has 0 unspecified atom stereocenters. The molecule has 2 aromatic carbocycles. The Bertz CT molecular complexity index is 970. The lowest BCUT2D eigenvalue weighted by Gasteiger charge is -2.43. The van der Waals surface area contributed by atoms with Gasteiger partial charge in [-0.2, -0.15) is 0 Å². The van der Waals surface area contributed by atoms with Gasteiger partial charge in [-0.15, -0.1) is 0 Å². The van der Waals surface area contributed by atoms with Gasteiger partial charge in [0, 0.05) is 20.6 Å². The molecule has 32 heavy (non-hydrogen) atoms. The van der Waals surface area contributed by atoms with Gasteiger partial charge in [0.05, 0.1) is 12.1 Å². The van der Waals surface area contributed by atoms with E-state index in [0.29, 0.717) is 12.8 Å². The van der Waals surface area contributed by atoms with Crippen LogP contribution in [0.5, 0.6) is 0 Å². The fourth-order valence-corrected chi connectivity index (χ4v) is 5.66. The van der Waals surface area contributed by atoms with Gasteiger partial charge in [-0.3, -0.25) is 9.46 Å². The summed E-state index contributed by atoms with van der Waals surface area (Å²) in [6.45, 7) is 2.06. The lowest BCUT2D eigenvalue weighted by molar-refractivity contribution is 0.0554. The van der Waals surface area contributed by atoms with Gasteiger partial charge in [0.1, 0.15) is 17.7 Å². The predicted octanol–water partition coefficient (Wildman–Crippen LogP) is 6.19. The Morgan fingerprint density at radius 1 is 1.06 bits per heavy atom. The fraction of sp³-hybridized carbons (Fsp3) is 0.375. The van der Waals surface area contributed by atoms with Crippen LogP contribution in [0.3, 0.4) is 0 Å². The maximum absolute atomic E-state index is 13.4. The van der Waals surface area contributed by atoms with Crippen molar-refractivity contribution in [2.24, 2.45) is 0 Å². The van der Waals surface area contributed by atoms with Crippen LogP contribution in [0.15, 0.2) is 71.7 Å². The minimum absolute atomic E-state index is 0.0727. The average molecular weight is 459 g/mol. The summed E-state index contributed by atoms with van der Waals surface area (Å²) in [7, 11) is -1.25. The summed E-state index contributed by atoms with van der Waals surface area (Å²) in [6.07, 6.45) is 0.667. The summed E-state index contributed by atoms with van der Waals surface area (Å²) in [5, 5.41) is 11.1. The number of hydrogen-bond donors (Lipinski definition) is 1. The molecule has 172 valence electrons. The van der Waals surface area contributed by atoms with Gasteiger partial charge in [0.25, 0.3) is 0 Å². The van der Waals surface area contributed by atoms with Crippen molar-refractivity contribution in [2.45, 2.75) is 44.9 Å². The molecular weight excluding hydrogens is 429 g/mol. The smallest absolute Gasteiger partial charge is 0.411 e. The van der Waals surface area contributed by atoms with Gasteiger partial charge in [0.2, 0.25) is 0 Å². The lowest BCUT2D eigenvalue weighted by Crippen LogP contribution is -2.47. The second-order valence-electron chi connectivity index (χ2n) is 7.58. The molecule has 0 radical (unpaired) electrons. The first-order chi connectivity index (χ1) is 15.4. The number of carbonyl (C=O) groups excluding carboxylic acids is 1. The number of rotatable bonds is 8. The monoisotopic (exact) mass is 459 g/mol. The number of hydrogen-bond acceptors (Lipinski definition) is 6. The number of aliphatic hydroxyl groups is 1. The maximum Gasteiger partial charge on any atom is 0.411 e. The number of carbonyl (C=O) groups is 1. The van der Waals surface area contributed by atoms with Crippen LogP contribution in [-0.2, 0) is 25.0 Å². The number of amides is 1. The highest BCUT2D eigenvalue weighted by Crippen LogP contribution is 2.61. The SMILES string of the molecule is CCC[C@H]1C(P(=O)(OC)OC)=C(O)C[C@H](c2ccccc2)N1C(=O)OCc1ccccc1. The van der Waals surface area contributed by atoms with Crippen molar-refractivity contribution in [2.75, 3.05) is 14.2 Å². The zero-order chi connectivity index (χ0) is 23.1. The molecule has 0 saturated heterocycles. The zero-order valence-corrected chi connectivity index (χ0v) is 19.5. The predicted molar refractivity (Wildman–Crippen MR) is 122 cm³/mol. The van der Waals surface area contributed by atoms with Gasteiger partial charge in [-0.1, -0.05) is 74.0 Å². The van der Waals surface area contributed by atoms with Crippen molar-refractivity contribution in [3.63, 3.8) is 0 Å². The largest absolute Gasteiger partial charge is 0.512 e. The highest BCUT2D eigenvalue weighted by atomic mass is 31.2. The first-order valence-corrected chi connectivity index (χ1v) is 12.2. The Kier molecular flexibility index (Phi) is 8.13. The van der Waals surface area contributed by atoms with Crippen LogP contribution in [0.1, 0.15) is 43.4 Å². The first kappa shape index (κ1) is 24.1. The zero-order valence-electron chi connectivity index (χ0n) is 18.6. The normalized spacial score (nSPS) is 19.2. The Balaban J connectivity index is 2.04. The summed E-state index contributed by atoms with van der Waals surface area (Å²) in [5.74, 6) is -0.0727. The van der Waals surface area contributed by atoms with Crippen molar-refractivity contribution in [1.82, 2.24) is 4.90 Å². The van der Waals surface area contributed by atoms with Crippen molar-refractivity contribution < 1.29 is 28.3 Å². The summed E-state index contributed by atoms with van der Waals surface area (Å²) in [5.41, 5.74) is 1.71. The first-order valence-electron chi connectivity index (χ1n) is 10.6. The number of nitrogens with zero attached hydrogens (tertiary/aromatic N) is 1. The third-order valence-corrected chi connectivity index (χ3v) is 7.72. The molecule has 0 fully saturated rings. The third-order valence-electron chi connectivity index (χ3n) is 5.61. The summed E-state index contributed by atoms with van der Waals surface area (Å²) in [6, 6.07) is 17.7. The van der Waals surface area contributed by atoms with Gasteiger partial charge in [-0.25, -0.2) is 4.79 Å². The van der Waals surface area contributed by atoms with Crippen LogP contribution >= 0.6 is 7.60 Å². The average Bonchev–Trinajstić information content (AvgIpc) is 2.83. The molecule has 0 spiro atoms. The van der Waals surface area contributed by atoms with Gasteiger partial charge in [-0.05, 0) is 17.5 Å². The van der Waals surface area contributed by atoms with E-state index in [-0.39, 0.29) is 24.1 Å². The molecule has 2 atom stereocenters. The lowest BCUT2D eigenvalue weighted by atomic mass is 9.93.